The van der Waals surface area contributed by atoms with Crippen LogP contribution in [0.5, 0.6) is 0 Å². The van der Waals surface area contributed by atoms with Crippen LogP contribution >= 0.6 is 35.7 Å². The summed E-state index contributed by atoms with van der Waals surface area (Å²) < 4.78 is 2.41. The van der Waals surface area contributed by atoms with Crippen LogP contribution in [0.15, 0.2) is 10.1 Å². The van der Waals surface area contributed by atoms with Crippen LogP contribution in [-0.4, -0.2) is 46.6 Å². The van der Waals surface area contributed by atoms with Crippen LogP contribution in [0.4, 0.5) is 0 Å². The highest BCUT2D eigenvalue weighted by molar-refractivity contribution is 14.0. The Labute approximate surface area is 178 Å². The zero-order valence-electron chi connectivity index (χ0n) is 16.0. The summed E-state index contributed by atoms with van der Waals surface area (Å²) in [4.78, 5) is 4.68. The first-order valence-electron chi connectivity index (χ1n) is 9.81. The van der Waals surface area contributed by atoms with Gasteiger partial charge in [0.2, 0.25) is 0 Å². The first-order chi connectivity index (χ1) is 12.3. The fourth-order valence-electron chi connectivity index (χ4n) is 3.46. The number of guanidine groups is 1. The van der Waals surface area contributed by atoms with E-state index in [1.165, 1.54) is 38.5 Å². The van der Waals surface area contributed by atoms with Crippen molar-refractivity contribution in [2.24, 2.45) is 10.9 Å². The van der Waals surface area contributed by atoms with Gasteiger partial charge in [-0.05, 0) is 51.2 Å². The van der Waals surface area contributed by atoms with E-state index in [-0.39, 0.29) is 24.0 Å². The third-order valence-electron chi connectivity index (χ3n) is 5.03. The van der Waals surface area contributed by atoms with Gasteiger partial charge in [0.15, 0.2) is 11.1 Å². The highest BCUT2D eigenvalue weighted by Crippen LogP contribution is 2.33. The Bertz CT molecular complexity index is 566. The van der Waals surface area contributed by atoms with Crippen molar-refractivity contribution in [3.05, 3.63) is 5.82 Å². The number of hydrogen-bond donors (Lipinski definition) is 2. The van der Waals surface area contributed by atoms with E-state index in [4.69, 9.17) is 0 Å². The van der Waals surface area contributed by atoms with E-state index in [2.05, 4.69) is 43.6 Å². The number of nitrogens with one attached hydrogen (secondary N) is 2. The predicted molar refractivity (Wildman–Crippen MR) is 120 cm³/mol. The molecule has 0 aliphatic heterocycles. The van der Waals surface area contributed by atoms with Crippen LogP contribution in [0, 0.1) is 5.92 Å². The lowest BCUT2D eigenvalue weighted by Crippen LogP contribution is -2.38. The maximum atomic E-state index is 4.68. The Hall–Kier alpha value is -0.510. The molecule has 0 atom stereocenters. The molecule has 0 aromatic carbocycles. The minimum Gasteiger partial charge on any atom is -0.357 e. The average Bonchev–Trinajstić information content (AvgIpc) is 3.13. The van der Waals surface area contributed by atoms with Crippen molar-refractivity contribution in [2.75, 3.05) is 25.9 Å². The molecule has 8 heteroatoms. The van der Waals surface area contributed by atoms with Crippen LogP contribution in [0.25, 0.3) is 0 Å². The number of halogens is 1. The number of aromatic nitrogens is 3. The summed E-state index contributed by atoms with van der Waals surface area (Å²) in [5, 5.41) is 16.7. The van der Waals surface area contributed by atoms with Crippen LogP contribution in [0.1, 0.15) is 63.7 Å². The predicted octanol–water partition coefficient (Wildman–Crippen LogP) is 3.63. The molecule has 0 bridgehead atoms. The van der Waals surface area contributed by atoms with E-state index < -0.39 is 0 Å². The van der Waals surface area contributed by atoms with Gasteiger partial charge in [0.25, 0.3) is 0 Å². The van der Waals surface area contributed by atoms with E-state index in [1.54, 1.807) is 11.8 Å². The van der Waals surface area contributed by atoms with E-state index in [1.807, 2.05) is 0 Å². The molecule has 1 aromatic heterocycles. The minimum absolute atomic E-state index is 0. The SMILES string of the molecule is CCNC(=NCC1CC1)NCCCc1nnc(SC)n1C1CCCC1.I. The molecule has 2 aliphatic carbocycles. The molecule has 0 spiro atoms. The molecule has 2 N–H and O–H groups in total. The smallest absolute Gasteiger partial charge is 0.191 e. The Morgan fingerprint density at radius 2 is 1.96 bits per heavy atom. The molecule has 2 aliphatic rings. The fourth-order valence-corrected chi connectivity index (χ4v) is 4.04. The minimum atomic E-state index is 0. The van der Waals surface area contributed by atoms with Gasteiger partial charge in [-0.2, -0.15) is 0 Å². The highest BCUT2D eigenvalue weighted by Gasteiger charge is 2.23. The van der Waals surface area contributed by atoms with E-state index in [9.17, 15) is 0 Å². The number of rotatable bonds is 9. The zero-order valence-corrected chi connectivity index (χ0v) is 19.2. The first kappa shape index (κ1) is 21.8. The lowest BCUT2D eigenvalue weighted by atomic mass is 10.2. The lowest BCUT2D eigenvalue weighted by Gasteiger charge is -2.16. The molecular formula is C18H33IN6S. The highest BCUT2D eigenvalue weighted by atomic mass is 127. The topological polar surface area (TPSA) is 67.1 Å². The number of hydrogen-bond acceptors (Lipinski definition) is 4. The van der Waals surface area contributed by atoms with E-state index >= 15 is 0 Å². The molecule has 2 saturated carbocycles. The third-order valence-corrected chi connectivity index (χ3v) is 5.67. The standard InChI is InChI=1S/C18H32N6S.HI/c1-3-19-17(21-13-14-10-11-14)20-12-6-9-16-22-23-18(25-2)24(16)15-7-4-5-8-15;/h14-15H,3-13H2,1-2H3,(H2,19,20,21);1H. The molecule has 0 saturated heterocycles. The van der Waals surface area contributed by atoms with Gasteiger partial charge in [-0.25, -0.2) is 0 Å². The fraction of sp³-hybridized carbons (Fsp3) is 0.833. The summed E-state index contributed by atoms with van der Waals surface area (Å²) in [5.74, 6) is 2.93. The van der Waals surface area contributed by atoms with Crippen molar-refractivity contribution in [2.45, 2.75) is 69.5 Å². The van der Waals surface area contributed by atoms with Gasteiger partial charge < -0.3 is 15.2 Å². The van der Waals surface area contributed by atoms with Crippen molar-refractivity contribution in [1.29, 1.82) is 0 Å². The molecule has 26 heavy (non-hydrogen) atoms. The monoisotopic (exact) mass is 492 g/mol. The maximum absolute atomic E-state index is 4.68. The summed E-state index contributed by atoms with van der Waals surface area (Å²) >= 11 is 1.71. The summed E-state index contributed by atoms with van der Waals surface area (Å²) in [5.41, 5.74) is 0. The Kier molecular flexibility index (Phi) is 9.52. The molecule has 0 radical (unpaired) electrons. The van der Waals surface area contributed by atoms with Crippen LogP contribution in [0.3, 0.4) is 0 Å². The van der Waals surface area contributed by atoms with Gasteiger partial charge >= 0.3 is 0 Å². The van der Waals surface area contributed by atoms with Crippen LogP contribution in [0.2, 0.25) is 0 Å². The van der Waals surface area contributed by atoms with Gasteiger partial charge in [-0.3, -0.25) is 4.99 Å². The normalized spacial score (nSPS) is 18.0. The zero-order chi connectivity index (χ0) is 17.5. The van der Waals surface area contributed by atoms with Gasteiger partial charge in [-0.15, -0.1) is 34.2 Å². The van der Waals surface area contributed by atoms with Crippen molar-refractivity contribution in [3.8, 4) is 0 Å². The second kappa shape index (κ2) is 11.4. The van der Waals surface area contributed by atoms with Crippen LogP contribution < -0.4 is 10.6 Å². The molecular weight excluding hydrogens is 459 g/mol. The van der Waals surface area contributed by atoms with Crippen molar-refractivity contribution in [1.82, 2.24) is 25.4 Å². The lowest BCUT2D eigenvalue weighted by molar-refractivity contribution is 0.460. The summed E-state index contributed by atoms with van der Waals surface area (Å²) in [6, 6.07) is 0.609. The van der Waals surface area contributed by atoms with Gasteiger partial charge in [0.1, 0.15) is 5.82 Å². The summed E-state index contributed by atoms with van der Waals surface area (Å²) in [6.07, 6.45) is 12.0. The molecule has 1 aromatic rings. The van der Waals surface area contributed by atoms with Crippen molar-refractivity contribution in [3.63, 3.8) is 0 Å². The quantitative estimate of drug-likeness (QED) is 0.181. The summed E-state index contributed by atoms with van der Waals surface area (Å²) in [7, 11) is 0. The van der Waals surface area contributed by atoms with Gasteiger partial charge in [0.05, 0.1) is 0 Å². The maximum Gasteiger partial charge on any atom is 0.191 e. The van der Waals surface area contributed by atoms with Gasteiger partial charge in [0, 0.05) is 32.1 Å². The number of aryl methyl sites for hydroxylation is 1. The van der Waals surface area contributed by atoms with Crippen LogP contribution in [-0.2, 0) is 6.42 Å². The average molecular weight is 492 g/mol. The van der Waals surface area contributed by atoms with Gasteiger partial charge in [-0.1, -0.05) is 24.6 Å². The van der Waals surface area contributed by atoms with E-state index in [0.29, 0.717) is 6.04 Å². The van der Waals surface area contributed by atoms with Crippen molar-refractivity contribution < 1.29 is 0 Å². The Morgan fingerprint density at radius 3 is 2.62 bits per heavy atom. The third kappa shape index (κ3) is 6.28. The largest absolute Gasteiger partial charge is 0.357 e. The summed E-state index contributed by atoms with van der Waals surface area (Å²) in [6.45, 7) is 4.90. The molecule has 0 unspecified atom stereocenters. The van der Waals surface area contributed by atoms with E-state index in [0.717, 1.165) is 55.3 Å². The first-order valence-corrected chi connectivity index (χ1v) is 11.0. The molecule has 6 nitrogen and oxygen atoms in total. The Morgan fingerprint density at radius 1 is 1.19 bits per heavy atom. The number of thioether (sulfide) groups is 1. The molecule has 148 valence electrons. The second-order valence-electron chi connectivity index (χ2n) is 7.10. The Balaban J connectivity index is 0.00000243. The molecule has 3 rings (SSSR count). The molecule has 1 heterocycles. The number of aliphatic imine (C=N–C) groups is 1. The van der Waals surface area contributed by atoms with Crippen molar-refractivity contribution >= 4 is 41.7 Å². The number of nitrogens with zero attached hydrogens (tertiary/aromatic N) is 4. The molecule has 0 amide bonds. The second-order valence-corrected chi connectivity index (χ2v) is 7.88. The molecule has 2 fully saturated rings.